The molecule has 0 aromatic heterocycles. The maximum absolute atomic E-state index is 8.88. The highest BCUT2D eigenvalue weighted by molar-refractivity contribution is 7.45. The molecule has 0 unspecified atom stereocenters. The van der Waals surface area contributed by atoms with Gasteiger partial charge >= 0.3 is 7.82 Å². The number of hydrogen-bond donors (Lipinski definition) is 3. The predicted octanol–water partition coefficient (Wildman–Crippen LogP) is 5.78. The first-order chi connectivity index (χ1) is 12.7. The molecule has 0 radical (unpaired) electrons. The summed E-state index contributed by atoms with van der Waals surface area (Å²) >= 11 is 0. The Morgan fingerprint density at radius 3 is 1.56 bits per heavy atom. The summed E-state index contributed by atoms with van der Waals surface area (Å²) in [6.07, 6.45) is 23.4. The van der Waals surface area contributed by atoms with E-state index in [1.54, 1.807) is 0 Å². The predicted molar refractivity (Wildman–Crippen MR) is 115 cm³/mol. The molecule has 6 heteroatoms. The van der Waals surface area contributed by atoms with E-state index in [1.165, 1.54) is 114 Å². The number of quaternary nitrogens is 1. The molecular weight excluding hydrogens is 361 g/mol. The third-order valence-corrected chi connectivity index (χ3v) is 5.90. The van der Waals surface area contributed by atoms with Gasteiger partial charge in [-0.25, -0.2) is 4.57 Å². The van der Waals surface area contributed by atoms with Crippen molar-refractivity contribution in [2.45, 2.75) is 116 Å². The zero-order valence-corrected chi connectivity index (χ0v) is 19.1. The average Bonchev–Trinajstić information content (AvgIpc) is 2.57. The summed E-state index contributed by atoms with van der Waals surface area (Å²) in [5.74, 6) is 0. The van der Waals surface area contributed by atoms with Crippen LogP contribution in [0.4, 0.5) is 0 Å². The van der Waals surface area contributed by atoms with E-state index >= 15 is 0 Å². The lowest BCUT2D eigenvalue weighted by Crippen LogP contribution is -2.49. The van der Waals surface area contributed by atoms with Crippen LogP contribution >= 0.6 is 7.82 Å². The molecule has 0 aromatic rings. The second-order valence-electron chi connectivity index (χ2n) is 8.84. The van der Waals surface area contributed by atoms with E-state index in [0.717, 1.165) is 6.04 Å². The molecular formula is C21H47NO4P+. The second-order valence-corrected chi connectivity index (χ2v) is 9.87. The van der Waals surface area contributed by atoms with Crippen LogP contribution in [0.25, 0.3) is 0 Å². The third kappa shape index (κ3) is 19.2. The van der Waals surface area contributed by atoms with Gasteiger partial charge in [0, 0.05) is 0 Å². The summed E-state index contributed by atoms with van der Waals surface area (Å²) in [7, 11) is 0.376. The van der Waals surface area contributed by atoms with Gasteiger partial charge in [0.15, 0.2) is 0 Å². The fraction of sp³-hybridized carbons (Fsp3) is 1.00. The first-order valence-electron chi connectivity index (χ1n) is 11.3. The van der Waals surface area contributed by atoms with Crippen molar-refractivity contribution < 1.29 is 23.7 Å². The largest absolute Gasteiger partial charge is 0.466 e. The maximum Gasteiger partial charge on any atom is 0.466 e. The van der Waals surface area contributed by atoms with E-state index in [2.05, 4.69) is 21.0 Å². The first kappa shape index (κ1) is 27.1. The second kappa shape index (κ2) is 15.9. The van der Waals surface area contributed by atoms with E-state index in [-0.39, 0.29) is 0 Å². The summed E-state index contributed by atoms with van der Waals surface area (Å²) in [6, 6.07) is 0.929. The smallest absolute Gasteiger partial charge is 0.326 e. The highest BCUT2D eigenvalue weighted by Crippen LogP contribution is 2.26. The topological polar surface area (TPSA) is 77.8 Å². The molecule has 0 atom stereocenters. The van der Waals surface area contributed by atoms with E-state index in [9.17, 15) is 0 Å². The minimum atomic E-state index is -4.64. The standard InChI is InChI=1S/C21H44N.H3O4P/c1-4-5-6-7-11-14-17-20-22(2,3)21-18-15-12-9-8-10-13-16-19-21;1-5(2,3)4/h21H,4-20H2,1-3H3;(H3,1,2,3,4)/q+1;. The molecule has 0 spiro atoms. The summed E-state index contributed by atoms with van der Waals surface area (Å²) in [5.41, 5.74) is 0. The zero-order valence-electron chi connectivity index (χ0n) is 18.2. The summed E-state index contributed by atoms with van der Waals surface area (Å²) in [4.78, 5) is 21.6. The Bertz CT molecular complexity index is 366. The quantitative estimate of drug-likeness (QED) is 0.257. The van der Waals surface area contributed by atoms with Crippen molar-refractivity contribution in [1.29, 1.82) is 0 Å². The summed E-state index contributed by atoms with van der Waals surface area (Å²) in [6.45, 7) is 3.71. The molecule has 1 aliphatic rings. The van der Waals surface area contributed by atoms with Gasteiger partial charge in [-0.2, -0.15) is 0 Å². The average molecular weight is 409 g/mol. The Kier molecular flexibility index (Phi) is 16.0. The molecule has 0 saturated heterocycles. The number of hydrogen-bond acceptors (Lipinski definition) is 1. The van der Waals surface area contributed by atoms with Gasteiger partial charge in [-0.05, 0) is 38.5 Å². The van der Waals surface area contributed by atoms with Crippen LogP contribution in [0.1, 0.15) is 110 Å². The minimum absolute atomic E-state index is 0.929. The monoisotopic (exact) mass is 408 g/mol. The highest BCUT2D eigenvalue weighted by Gasteiger charge is 2.27. The molecule has 1 aliphatic carbocycles. The van der Waals surface area contributed by atoms with Crippen molar-refractivity contribution in [3.8, 4) is 0 Å². The van der Waals surface area contributed by atoms with E-state index in [1.807, 2.05) is 0 Å². The lowest BCUT2D eigenvalue weighted by Gasteiger charge is -2.39. The molecule has 1 rings (SSSR count). The van der Waals surface area contributed by atoms with Crippen LogP contribution in [0.5, 0.6) is 0 Å². The van der Waals surface area contributed by atoms with Crippen molar-refractivity contribution in [2.24, 2.45) is 0 Å². The highest BCUT2D eigenvalue weighted by atomic mass is 31.2. The zero-order chi connectivity index (χ0) is 20.6. The van der Waals surface area contributed by atoms with Crippen molar-refractivity contribution in [3.05, 3.63) is 0 Å². The van der Waals surface area contributed by atoms with Gasteiger partial charge in [-0.3, -0.25) is 0 Å². The number of unbranched alkanes of at least 4 members (excludes halogenated alkanes) is 6. The van der Waals surface area contributed by atoms with Gasteiger partial charge in [0.2, 0.25) is 0 Å². The Hall–Kier alpha value is 0.0700. The molecule has 1 fully saturated rings. The molecule has 1 saturated carbocycles. The van der Waals surface area contributed by atoms with Crippen LogP contribution in [-0.2, 0) is 4.57 Å². The van der Waals surface area contributed by atoms with Gasteiger partial charge in [0.25, 0.3) is 0 Å². The number of rotatable bonds is 9. The van der Waals surface area contributed by atoms with Crippen LogP contribution in [0.2, 0.25) is 0 Å². The molecule has 164 valence electrons. The Balaban J connectivity index is 0.00000119. The third-order valence-electron chi connectivity index (χ3n) is 5.90. The Morgan fingerprint density at radius 2 is 1.11 bits per heavy atom. The van der Waals surface area contributed by atoms with Crippen LogP contribution in [-0.4, -0.2) is 45.8 Å². The normalized spacial score (nSPS) is 17.9. The molecule has 3 N–H and O–H groups in total. The summed E-state index contributed by atoms with van der Waals surface area (Å²) in [5, 5.41) is 0. The van der Waals surface area contributed by atoms with Crippen LogP contribution < -0.4 is 0 Å². The number of phosphoric acid groups is 1. The van der Waals surface area contributed by atoms with E-state index < -0.39 is 7.82 Å². The van der Waals surface area contributed by atoms with Crippen LogP contribution in [0, 0.1) is 0 Å². The molecule has 0 aromatic carbocycles. The minimum Gasteiger partial charge on any atom is -0.326 e. The SMILES string of the molecule is CCCCCCCCC[N+](C)(C)C1CCCCCCCCC1.O=P(O)(O)O. The molecule has 0 amide bonds. The van der Waals surface area contributed by atoms with Crippen molar-refractivity contribution in [2.75, 3.05) is 20.6 Å². The Morgan fingerprint density at radius 1 is 0.741 bits per heavy atom. The Labute approximate surface area is 168 Å². The van der Waals surface area contributed by atoms with Crippen molar-refractivity contribution in [1.82, 2.24) is 0 Å². The summed E-state index contributed by atoms with van der Waals surface area (Å²) < 4.78 is 10.2. The van der Waals surface area contributed by atoms with Gasteiger partial charge in [0.1, 0.15) is 0 Å². The van der Waals surface area contributed by atoms with Crippen LogP contribution in [0.3, 0.4) is 0 Å². The molecule has 0 heterocycles. The van der Waals surface area contributed by atoms with E-state index in [0.29, 0.717) is 0 Å². The lowest BCUT2D eigenvalue weighted by molar-refractivity contribution is -0.916. The fourth-order valence-electron chi connectivity index (χ4n) is 4.15. The van der Waals surface area contributed by atoms with Gasteiger partial charge < -0.3 is 19.2 Å². The molecule has 0 bridgehead atoms. The molecule has 27 heavy (non-hydrogen) atoms. The lowest BCUT2D eigenvalue weighted by atomic mass is 9.95. The van der Waals surface area contributed by atoms with Crippen LogP contribution in [0.15, 0.2) is 0 Å². The van der Waals surface area contributed by atoms with E-state index in [4.69, 9.17) is 19.2 Å². The first-order valence-corrected chi connectivity index (χ1v) is 12.8. The molecule has 0 aliphatic heterocycles. The number of nitrogens with zero attached hydrogens (tertiary/aromatic N) is 1. The van der Waals surface area contributed by atoms with Gasteiger partial charge in [-0.1, -0.05) is 71.1 Å². The van der Waals surface area contributed by atoms with Gasteiger partial charge in [-0.15, -0.1) is 0 Å². The van der Waals surface area contributed by atoms with Crippen molar-refractivity contribution in [3.63, 3.8) is 0 Å². The maximum atomic E-state index is 8.88. The van der Waals surface area contributed by atoms with Crippen molar-refractivity contribution >= 4 is 7.82 Å². The van der Waals surface area contributed by atoms with Gasteiger partial charge in [0.05, 0.1) is 26.7 Å². The fourth-order valence-corrected chi connectivity index (χ4v) is 4.15. The molecule has 5 nitrogen and oxygen atoms in total.